The Morgan fingerprint density at radius 3 is 2.83 bits per heavy atom. The molecule has 0 saturated heterocycles. The molecule has 0 atom stereocenters. The number of anilines is 4. The number of aromatic nitrogens is 3. The highest BCUT2D eigenvalue weighted by Crippen LogP contribution is 2.20. The van der Waals surface area contributed by atoms with Crippen LogP contribution in [0.4, 0.5) is 23.0 Å². The molecule has 0 aliphatic carbocycles. The van der Waals surface area contributed by atoms with Gasteiger partial charge in [-0.1, -0.05) is 6.07 Å². The fourth-order valence-electron chi connectivity index (χ4n) is 2.13. The van der Waals surface area contributed by atoms with E-state index in [4.69, 9.17) is 11.1 Å². The van der Waals surface area contributed by atoms with Gasteiger partial charge in [0.25, 0.3) is 0 Å². The van der Waals surface area contributed by atoms with Crippen LogP contribution >= 0.6 is 0 Å². The minimum Gasteiger partial charge on any atom is -0.398 e. The molecule has 7 nitrogen and oxygen atoms in total. The quantitative estimate of drug-likeness (QED) is 0.428. The Kier molecular flexibility index (Phi) is 3.92. The molecule has 2 aromatic heterocycles. The summed E-state index contributed by atoms with van der Waals surface area (Å²) in [5.41, 5.74) is 7.85. The molecule has 0 amide bonds. The fourth-order valence-corrected chi connectivity index (χ4v) is 2.13. The Morgan fingerprint density at radius 1 is 1.17 bits per heavy atom. The van der Waals surface area contributed by atoms with Crippen molar-refractivity contribution in [1.82, 2.24) is 14.8 Å². The molecule has 0 unspecified atom stereocenters. The van der Waals surface area contributed by atoms with Crippen molar-refractivity contribution in [3.05, 3.63) is 54.2 Å². The van der Waals surface area contributed by atoms with Crippen LogP contribution in [0.1, 0.15) is 5.56 Å². The second-order valence-electron chi connectivity index (χ2n) is 4.89. The number of benzene rings is 1. The molecule has 3 aromatic rings. The summed E-state index contributed by atoms with van der Waals surface area (Å²) in [4.78, 5) is 4.44. The van der Waals surface area contributed by atoms with Gasteiger partial charge in [-0.2, -0.15) is 0 Å². The van der Waals surface area contributed by atoms with Crippen molar-refractivity contribution in [2.75, 3.05) is 23.4 Å². The number of rotatable bonds is 5. The van der Waals surface area contributed by atoms with Crippen LogP contribution in [0, 0.1) is 5.41 Å². The van der Waals surface area contributed by atoms with Gasteiger partial charge in [0.2, 0.25) is 0 Å². The average Bonchev–Trinajstić information content (AvgIpc) is 3.05. The summed E-state index contributed by atoms with van der Waals surface area (Å²) in [6.07, 6.45) is 3.06. The monoisotopic (exact) mass is 307 g/mol. The molecule has 0 aliphatic rings. The van der Waals surface area contributed by atoms with E-state index in [1.54, 1.807) is 16.8 Å². The maximum absolute atomic E-state index is 7.35. The Labute approximate surface area is 133 Å². The average molecular weight is 307 g/mol. The lowest BCUT2D eigenvalue weighted by molar-refractivity contribution is 0.851. The van der Waals surface area contributed by atoms with Gasteiger partial charge in [-0.3, -0.25) is 0 Å². The molecule has 0 fully saturated rings. The molecule has 2 heterocycles. The predicted molar refractivity (Wildman–Crippen MR) is 92.9 cm³/mol. The van der Waals surface area contributed by atoms with Crippen LogP contribution in [0.2, 0.25) is 0 Å². The molecular weight excluding hydrogens is 290 g/mol. The standard InChI is InChI=1S/C16H17N7/c1-19-14-3-2-4-16(21-14)23-8-7-15(22-23)20-12-5-6-13(18)11(9-12)10-17/h2-10,17H,18H2,1H3,(H,19,21)(H,20,22). The lowest BCUT2D eigenvalue weighted by Crippen LogP contribution is -2.02. The van der Waals surface area contributed by atoms with Gasteiger partial charge in [-0.05, 0) is 30.3 Å². The molecule has 0 bridgehead atoms. The highest BCUT2D eigenvalue weighted by atomic mass is 15.3. The number of nitrogens with zero attached hydrogens (tertiary/aromatic N) is 3. The third-order valence-electron chi connectivity index (χ3n) is 3.33. The second-order valence-corrected chi connectivity index (χ2v) is 4.89. The van der Waals surface area contributed by atoms with Crippen molar-refractivity contribution in [3.8, 4) is 5.82 Å². The van der Waals surface area contributed by atoms with Crippen LogP contribution in [0.3, 0.4) is 0 Å². The van der Waals surface area contributed by atoms with E-state index in [2.05, 4.69) is 20.7 Å². The van der Waals surface area contributed by atoms with Crippen LogP contribution in [-0.2, 0) is 0 Å². The van der Waals surface area contributed by atoms with Crippen LogP contribution < -0.4 is 16.4 Å². The largest absolute Gasteiger partial charge is 0.398 e. The van der Waals surface area contributed by atoms with Crippen LogP contribution in [0.5, 0.6) is 0 Å². The maximum atomic E-state index is 7.35. The van der Waals surface area contributed by atoms with Gasteiger partial charge in [0.05, 0.1) is 0 Å². The van der Waals surface area contributed by atoms with Crippen molar-refractivity contribution in [2.24, 2.45) is 0 Å². The summed E-state index contributed by atoms with van der Waals surface area (Å²) < 4.78 is 1.69. The predicted octanol–water partition coefficient (Wildman–Crippen LogP) is 2.63. The maximum Gasteiger partial charge on any atom is 0.155 e. The van der Waals surface area contributed by atoms with Gasteiger partial charge >= 0.3 is 0 Å². The summed E-state index contributed by atoms with van der Waals surface area (Å²) in [7, 11) is 1.82. The fraction of sp³-hybridized carbons (Fsp3) is 0.0625. The topological polar surface area (TPSA) is 105 Å². The van der Waals surface area contributed by atoms with E-state index in [9.17, 15) is 0 Å². The number of pyridine rings is 1. The van der Waals surface area contributed by atoms with Crippen molar-refractivity contribution in [1.29, 1.82) is 5.41 Å². The van der Waals surface area contributed by atoms with E-state index in [1.165, 1.54) is 6.21 Å². The minimum absolute atomic E-state index is 0.573. The molecule has 5 N–H and O–H groups in total. The third-order valence-corrected chi connectivity index (χ3v) is 3.33. The zero-order valence-corrected chi connectivity index (χ0v) is 12.6. The van der Waals surface area contributed by atoms with Gasteiger partial charge in [0.15, 0.2) is 11.6 Å². The second kappa shape index (κ2) is 6.18. The first-order valence-electron chi connectivity index (χ1n) is 7.07. The molecule has 0 saturated carbocycles. The molecule has 116 valence electrons. The van der Waals surface area contributed by atoms with Gasteiger partial charge < -0.3 is 21.8 Å². The van der Waals surface area contributed by atoms with Gasteiger partial charge in [0, 0.05) is 42.5 Å². The van der Waals surface area contributed by atoms with Gasteiger partial charge in [-0.15, -0.1) is 5.10 Å². The normalized spacial score (nSPS) is 10.3. The Hall–Kier alpha value is -3.35. The first kappa shape index (κ1) is 14.6. The summed E-state index contributed by atoms with van der Waals surface area (Å²) in [6.45, 7) is 0. The molecular formula is C16H17N7. The van der Waals surface area contributed by atoms with E-state index in [0.717, 1.165) is 17.3 Å². The zero-order chi connectivity index (χ0) is 16.2. The van der Waals surface area contributed by atoms with Gasteiger partial charge in [-0.25, -0.2) is 9.67 Å². The molecule has 0 spiro atoms. The van der Waals surface area contributed by atoms with E-state index >= 15 is 0 Å². The summed E-state index contributed by atoms with van der Waals surface area (Å²) >= 11 is 0. The molecule has 23 heavy (non-hydrogen) atoms. The number of hydrogen-bond acceptors (Lipinski definition) is 6. The van der Waals surface area contributed by atoms with E-state index in [1.807, 2.05) is 43.6 Å². The number of nitrogens with one attached hydrogen (secondary N) is 3. The third kappa shape index (κ3) is 3.13. The van der Waals surface area contributed by atoms with Crippen molar-refractivity contribution < 1.29 is 0 Å². The van der Waals surface area contributed by atoms with E-state index < -0.39 is 0 Å². The van der Waals surface area contributed by atoms with Gasteiger partial charge in [0.1, 0.15) is 5.82 Å². The number of hydrogen-bond donors (Lipinski definition) is 4. The van der Waals surface area contributed by atoms with E-state index in [0.29, 0.717) is 17.1 Å². The van der Waals surface area contributed by atoms with Crippen molar-refractivity contribution in [2.45, 2.75) is 0 Å². The van der Waals surface area contributed by atoms with Crippen LogP contribution in [0.15, 0.2) is 48.7 Å². The number of nitrogen functional groups attached to an aromatic ring is 1. The molecule has 0 radical (unpaired) electrons. The Bertz CT molecular complexity index is 838. The molecule has 3 rings (SSSR count). The van der Waals surface area contributed by atoms with Crippen LogP contribution in [-0.4, -0.2) is 28.0 Å². The number of nitrogens with two attached hydrogens (primary N) is 1. The van der Waals surface area contributed by atoms with Crippen LogP contribution in [0.25, 0.3) is 5.82 Å². The Morgan fingerprint density at radius 2 is 2.04 bits per heavy atom. The molecule has 1 aromatic carbocycles. The Balaban J connectivity index is 1.83. The SMILES string of the molecule is CNc1cccc(-n2ccc(Nc3ccc(N)c(C=N)c3)n2)n1. The zero-order valence-electron chi connectivity index (χ0n) is 12.6. The first-order chi connectivity index (χ1) is 11.2. The highest BCUT2D eigenvalue weighted by Gasteiger charge is 2.05. The van der Waals surface area contributed by atoms with E-state index in [-0.39, 0.29) is 0 Å². The summed E-state index contributed by atoms with van der Waals surface area (Å²) in [5, 5.41) is 18.0. The molecule has 7 heteroatoms. The smallest absolute Gasteiger partial charge is 0.155 e. The summed E-state index contributed by atoms with van der Waals surface area (Å²) in [6, 6.07) is 13.0. The first-order valence-corrected chi connectivity index (χ1v) is 7.07. The summed E-state index contributed by atoms with van der Waals surface area (Å²) in [5.74, 6) is 2.19. The lowest BCUT2D eigenvalue weighted by atomic mass is 10.2. The highest BCUT2D eigenvalue weighted by molar-refractivity contribution is 5.87. The van der Waals surface area contributed by atoms with Crippen molar-refractivity contribution >= 4 is 29.2 Å². The molecule has 0 aliphatic heterocycles. The minimum atomic E-state index is 0.573. The lowest BCUT2D eigenvalue weighted by Gasteiger charge is -2.06. The van der Waals surface area contributed by atoms with Crippen molar-refractivity contribution in [3.63, 3.8) is 0 Å².